The highest BCUT2D eigenvalue weighted by Gasteiger charge is 2.20. The molecular weight excluding hydrogens is 182 g/mol. The predicted octanol–water partition coefficient (Wildman–Crippen LogP) is 0.953. The maximum atomic E-state index is 11.3. The minimum Gasteiger partial charge on any atom is -0.465 e. The molecule has 0 bridgehead atoms. The molecule has 0 radical (unpaired) electrons. The molecule has 0 aromatic rings. The summed E-state index contributed by atoms with van der Waals surface area (Å²) < 4.78 is 10.4. The molecule has 0 fully saturated rings. The van der Waals surface area contributed by atoms with E-state index in [4.69, 9.17) is 9.47 Å². The molecule has 0 spiro atoms. The van der Waals surface area contributed by atoms with Crippen LogP contribution in [0.15, 0.2) is 0 Å². The average molecular weight is 203 g/mol. The zero-order valence-corrected chi connectivity index (χ0v) is 9.72. The van der Waals surface area contributed by atoms with E-state index in [1.807, 2.05) is 20.8 Å². The Morgan fingerprint density at radius 1 is 1.43 bits per heavy atom. The van der Waals surface area contributed by atoms with Gasteiger partial charge < -0.3 is 14.8 Å². The van der Waals surface area contributed by atoms with Crippen molar-refractivity contribution in [3.63, 3.8) is 0 Å². The number of hydrogen-bond acceptors (Lipinski definition) is 4. The molecule has 4 nitrogen and oxygen atoms in total. The summed E-state index contributed by atoms with van der Waals surface area (Å²) in [5.74, 6) is -0.265. The fourth-order valence-electron chi connectivity index (χ4n) is 0.845. The molecular formula is C10H21NO3. The van der Waals surface area contributed by atoms with Gasteiger partial charge >= 0.3 is 5.97 Å². The quantitative estimate of drug-likeness (QED) is 0.676. The second-order valence-electron chi connectivity index (χ2n) is 4.02. The molecule has 1 unspecified atom stereocenters. The molecule has 0 aliphatic heterocycles. The topological polar surface area (TPSA) is 47.6 Å². The van der Waals surface area contributed by atoms with Gasteiger partial charge in [-0.15, -0.1) is 0 Å². The predicted molar refractivity (Wildman–Crippen MR) is 55.2 cm³/mol. The van der Waals surface area contributed by atoms with E-state index in [1.165, 1.54) is 0 Å². The minimum atomic E-state index is -0.380. The van der Waals surface area contributed by atoms with Crippen LogP contribution in [0.1, 0.15) is 27.7 Å². The SMILES string of the molecule is CCOC(=O)C(COC(C)(C)C)NC. The van der Waals surface area contributed by atoms with E-state index < -0.39 is 0 Å². The van der Waals surface area contributed by atoms with Crippen molar-refractivity contribution in [3.8, 4) is 0 Å². The summed E-state index contributed by atoms with van der Waals surface area (Å²) in [5.41, 5.74) is -0.235. The normalized spacial score (nSPS) is 13.8. The van der Waals surface area contributed by atoms with Crippen molar-refractivity contribution in [3.05, 3.63) is 0 Å². The van der Waals surface area contributed by atoms with Crippen LogP contribution in [0.3, 0.4) is 0 Å². The molecule has 0 aliphatic carbocycles. The van der Waals surface area contributed by atoms with Gasteiger partial charge in [0.25, 0.3) is 0 Å². The molecule has 0 heterocycles. The van der Waals surface area contributed by atoms with E-state index in [1.54, 1.807) is 14.0 Å². The summed E-state index contributed by atoms with van der Waals surface area (Å²) in [5, 5.41) is 2.86. The molecule has 1 atom stereocenters. The van der Waals surface area contributed by atoms with E-state index in [2.05, 4.69) is 5.32 Å². The van der Waals surface area contributed by atoms with Crippen LogP contribution in [0.4, 0.5) is 0 Å². The summed E-state index contributed by atoms with van der Waals surface area (Å²) in [6.45, 7) is 8.36. The molecule has 0 aliphatic rings. The van der Waals surface area contributed by atoms with E-state index in [-0.39, 0.29) is 17.6 Å². The molecule has 0 saturated heterocycles. The van der Waals surface area contributed by atoms with Crippen molar-refractivity contribution in [2.45, 2.75) is 39.3 Å². The summed E-state index contributed by atoms with van der Waals surface area (Å²) in [6.07, 6.45) is 0. The molecule has 0 amide bonds. The fraction of sp³-hybridized carbons (Fsp3) is 0.900. The second-order valence-corrected chi connectivity index (χ2v) is 4.02. The highest BCUT2D eigenvalue weighted by atomic mass is 16.5. The number of ether oxygens (including phenoxy) is 2. The molecule has 0 aromatic carbocycles. The maximum absolute atomic E-state index is 11.3. The number of likely N-dealkylation sites (N-methyl/N-ethyl adjacent to an activating group) is 1. The first kappa shape index (κ1) is 13.4. The monoisotopic (exact) mass is 203 g/mol. The average Bonchev–Trinajstić information content (AvgIpc) is 2.03. The molecule has 14 heavy (non-hydrogen) atoms. The van der Waals surface area contributed by atoms with Crippen LogP contribution in [0.5, 0.6) is 0 Å². The number of esters is 1. The molecule has 1 N–H and O–H groups in total. The van der Waals surface area contributed by atoms with E-state index >= 15 is 0 Å². The summed E-state index contributed by atoms with van der Waals surface area (Å²) in [7, 11) is 1.72. The Morgan fingerprint density at radius 3 is 2.36 bits per heavy atom. The number of carbonyl (C=O) groups excluding carboxylic acids is 1. The van der Waals surface area contributed by atoms with E-state index in [9.17, 15) is 4.79 Å². The molecule has 0 aromatic heterocycles. The Kier molecular flexibility index (Phi) is 5.72. The van der Waals surface area contributed by atoms with Gasteiger partial charge in [0.1, 0.15) is 6.04 Å². The maximum Gasteiger partial charge on any atom is 0.325 e. The zero-order valence-electron chi connectivity index (χ0n) is 9.72. The van der Waals surface area contributed by atoms with Crippen molar-refractivity contribution >= 4 is 5.97 Å². The van der Waals surface area contributed by atoms with Gasteiger partial charge in [-0.1, -0.05) is 0 Å². The van der Waals surface area contributed by atoms with Crippen molar-refractivity contribution < 1.29 is 14.3 Å². The smallest absolute Gasteiger partial charge is 0.325 e. The van der Waals surface area contributed by atoms with Gasteiger partial charge in [-0.25, -0.2) is 0 Å². The number of nitrogens with one attached hydrogen (secondary N) is 1. The van der Waals surface area contributed by atoms with Crippen molar-refractivity contribution in [2.75, 3.05) is 20.3 Å². The molecule has 0 rings (SSSR count). The Balaban J connectivity index is 3.97. The molecule has 4 heteroatoms. The summed E-state index contributed by atoms with van der Waals surface area (Å²) in [6, 6.07) is -0.380. The third kappa shape index (κ3) is 5.94. The van der Waals surface area contributed by atoms with E-state index in [0.717, 1.165) is 0 Å². The van der Waals surface area contributed by atoms with Crippen LogP contribution in [0.25, 0.3) is 0 Å². The van der Waals surface area contributed by atoms with Crippen molar-refractivity contribution in [1.29, 1.82) is 0 Å². The van der Waals surface area contributed by atoms with Gasteiger partial charge in [0.2, 0.25) is 0 Å². The Morgan fingerprint density at radius 2 is 2.00 bits per heavy atom. The van der Waals surface area contributed by atoms with Gasteiger partial charge in [-0.05, 0) is 34.7 Å². The van der Waals surface area contributed by atoms with Gasteiger partial charge in [-0.3, -0.25) is 4.79 Å². The summed E-state index contributed by atoms with van der Waals surface area (Å²) in [4.78, 5) is 11.3. The first-order chi connectivity index (χ1) is 6.40. The van der Waals surface area contributed by atoms with Crippen molar-refractivity contribution in [1.82, 2.24) is 5.32 Å². The van der Waals surface area contributed by atoms with Gasteiger partial charge in [0.05, 0.1) is 18.8 Å². The molecule has 84 valence electrons. The van der Waals surface area contributed by atoms with Gasteiger partial charge in [0.15, 0.2) is 0 Å². The standard InChI is InChI=1S/C10H21NO3/c1-6-13-9(12)8(11-5)7-14-10(2,3)4/h8,11H,6-7H2,1-5H3. The second kappa shape index (κ2) is 5.98. The van der Waals surface area contributed by atoms with E-state index in [0.29, 0.717) is 13.2 Å². The first-order valence-corrected chi connectivity index (χ1v) is 4.88. The lowest BCUT2D eigenvalue weighted by molar-refractivity contribution is -0.148. The lowest BCUT2D eigenvalue weighted by Gasteiger charge is -2.23. The lowest BCUT2D eigenvalue weighted by Crippen LogP contribution is -2.41. The van der Waals surface area contributed by atoms with Crippen molar-refractivity contribution in [2.24, 2.45) is 0 Å². The Labute approximate surface area is 86.0 Å². The third-order valence-corrected chi connectivity index (χ3v) is 1.60. The van der Waals surface area contributed by atoms with Gasteiger partial charge in [-0.2, -0.15) is 0 Å². The first-order valence-electron chi connectivity index (χ1n) is 4.88. The number of carbonyl (C=O) groups is 1. The van der Waals surface area contributed by atoms with Crippen LogP contribution in [-0.4, -0.2) is 37.9 Å². The lowest BCUT2D eigenvalue weighted by atomic mass is 10.2. The van der Waals surface area contributed by atoms with Crippen LogP contribution in [-0.2, 0) is 14.3 Å². The van der Waals surface area contributed by atoms with Crippen LogP contribution in [0.2, 0.25) is 0 Å². The highest BCUT2D eigenvalue weighted by Crippen LogP contribution is 2.07. The summed E-state index contributed by atoms with van der Waals surface area (Å²) >= 11 is 0. The number of rotatable bonds is 5. The molecule has 0 saturated carbocycles. The third-order valence-electron chi connectivity index (χ3n) is 1.60. The van der Waals surface area contributed by atoms with Crippen LogP contribution in [0, 0.1) is 0 Å². The minimum absolute atomic E-state index is 0.235. The highest BCUT2D eigenvalue weighted by molar-refractivity contribution is 5.75. The van der Waals surface area contributed by atoms with Crippen LogP contribution >= 0.6 is 0 Å². The van der Waals surface area contributed by atoms with Crippen LogP contribution < -0.4 is 5.32 Å². The number of hydrogen-bond donors (Lipinski definition) is 1. The fourth-order valence-corrected chi connectivity index (χ4v) is 0.845. The Hall–Kier alpha value is -0.610. The largest absolute Gasteiger partial charge is 0.465 e. The zero-order chi connectivity index (χ0) is 11.2. The Bertz CT molecular complexity index is 175. The van der Waals surface area contributed by atoms with Gasteiger partial charge in [0, 0.05) is 0 Å².